The summed E-state index contributed by atoms with van der Waals surface area (Å²) in [5.74, 6) is 0.0728. The summed E-state index contributed by atoms with van der Waals surface area (Å²) in [6.45, 7) is 2.53. The van der Waals surface area contributed by atoms with Crippen molar-refractivity contribution in [2.24, 2.45) is 5.73 Å². The lowest BCUT2D eigenvalue weighted by molar-refractivity contribution is 0.628. The average molecular weight is 293 g/mol. The molecule has 104 valence electrons. The molecular formula is C14H14ClFN4. The van der Waals surface area contributed by atoms with Crippen LogP contribution in [0, 0.1) is 11.2 Å². The van der Waals surface area contributed by atoms with Gasteiger partial charge in [0.25, 0.3) is 0 Å². The number of nitrogen functional groups attached to an aromatic ring is 1. The fraction of sp³-hybridized carbons (Fsp3) is 0.143. The molecule has 0 spiro atoms. The first-order chi connectivity index (χ1) is 9.54. The van der Waals surface area contributed by atoms with Crippen LogP contribution in [0.2, 0.25) is 5.02 Å². The van der Waals surface area contributed by atoms with Crippen LogP contribution >= 0.6 is 11.6 Å². The highest BCUT2D eigenvalue weighted by Crippen LogP contribution is 2.31. The zero-order valence-corrected chi connectivity index (χ0v) is 11.7. The van der Waals surface area contributed by atoms with Crippen molar-refractivity contribution < 1.29 is 4.39 Å². The molecule has 0 saturated carbocycles. The van der Waals surface area contributed by atoms with Gasteiger partial charge < -0.3 is 10.6 Å². The van der Waals surface area contributed by atoms with E-state index in [1.165, 1.54) is 12.1 Å². The van der Waals surface area contributed by atoms with Crippen molar-refractivity contribution in [3.05, 3.63) is 52.9 Å². The Morgan fingerprint density at radius 2 is 2.00 bits per heavy atom. The van der Waals surface area contributed by atoms with Gasteiger partial charge in [0.05, 0.1) is 5.02 Å². The molecule has 1 aromatic heterocycles. The number of hydrogen-bond acceptors (Lipinski definition) is 3. The lowest BCUT2D eigenvalue weighted by Crippen LogP contribution is -2.20. The summed E-state index contributed by atoms with van der Waals surface area (Å²) in [7, 11) is 0. The predicted octanol–water partition coefficient (Wildman–Crippen LogP) is 3.32. The minimum absolute atomic E-state index is 0.117. The maximum atomic E-state index is 13.0. The zero-order chi connectivity index (χ0) is 14.7. The SMILES string of the molecule is CCN(c1ccc(F)cc1)c1nccc(C(=N)N)c1Cl. The van der Waals surface area contributed by atoms with Gasteiger partial charge in [-0.1, -0.05) is 11.6 Å². The number of pyridine rings is 1. The van der Waals surface area contributed by atoms with Crippen molar-refractivity contribution in [3.8, 4) is 0 Å². The second kappa shape index (κ2) is 5.88. The smallest absolute Gasteiger partial charge is 0.152 e. The van der Waals surface area contributed by atoms with E-state index in [-0.39, 0.29) is 11.7 Å². The Labute approximate surface area is 121 Å². The van der Waals surface area contributed by atoms with Crippen LogP contribution in [-0.2, 0) is 0 Å². The first kappa shape index (κ1) is 14.3. The molecule has 0 aliphatic carbocycles. The first-order valence-corrected chi connectivity index (χ1v) is 6.44. The summed E-state index contributed by atoms with van der Waals surface area (Å²) in [4.78, 5) is 6.07. The van der Waals surface area contributed by atoms with Gasteiger partial charge in [-0.05, 0) is 37.3 Å². The fourth-order valence-corrected chi connectivity index (χ4v) is 2.22. The molecule has 0 saturated heterocycles. The van der Waals surface area contributed by atoms with Crippen LogP contribution in [0.25, 0.3) is 0 Å². The molecular weight excluding hydrogens is 279 g/mol. The van der Waals surface area contributed by atoms with Gasteiger partial charge in [-0.25, -0.2) is 9.37 Å². The summed E-state index contributed by atoms with van der Waals surface area (Å²) in [6.07, 6.45) is 1.55. The Hall–Kier alpha value is -2.14. The third kappa shape index (κ3) is 2.72. The van der Waals surface area contributed by atoms with Crippen LogP contribution in [0.15, 0.2) is 36.5 Å². The minimum Gasteiger partial charge on any atom is -0.384 e. The van der Waals surface area contributed by atoms with Crippen LogP contribution in [0.1, 0.15) is 12.5 Å². The molecule has 0 radical (unpaired) electrons. The summed E-state index contributed by atoms with van der Waals surface area (Å²) in [6, 6.07) is 7.64. The van der Waals surface area contributed by atoms with Gasteiger partial charge in [-0.3, -0.25) is 5.41 Å². The molecule has 0 fully saturated rings. The second-order valence-corrected chi connectivity index (χ2v) is 4.51. The standard InChI is InChI=1S/C14H14ClFN4/c1-2-20(10-5-3-9(16)4-6-10)14-12(15)11(13(17)18)7-8-19-14/h3-8H,2H2,1H3,(H3,17,18). The van der Waals surface area contributed by atoms with E-state index in [9.17, 15) is 4.39 Å². The number of aromatic nitrogens is 1. The van der Waals surface area contributed by atoms with Gasteiger partial charge in [-0.15, -0.1) is 0 Å². The molecule has 3 N–H and O–H groups in total. The summed E-state index contributed by atoms with van der Waals surface area (Å²) in [5, 5.41) is 7.81. The van der Waals surface area contributed by atoms with Crippen LogP contribution < -0.4 is 10.6 Å². The molecule has 0 unspecified atom stereocenters. The lowest BCUT2D eigenvalue weighted by atomic mass is 10.2. The Kier molecular flexibility index (Phi) is 4.20. The minimum atomic E-state index is -0.304. The monoisotopic (exact) mass is 292 g/mol. The van der Waals surface area contributed by atoms with Crippen molar-refractivity contribution >= 4 is 28.9 Å². The number of anilines is 2. The lowest BCUT2D eigenvalue weighted by Gasteiger charge is -2.23. The number of hydrogen-bond donors (Lipinski definition) is 2. The quantitative estimate of drug-likeness (QED) is 0.671. The largest absolute Gasteiger partial charge is 0.384 e. The van der Waals surface area contributed by atoms with E-state index in [1.807, 2.05) is 11.8 Å². The van der Waals surface area contributed by atoms with Crippen molar-refractivity contribution in [2.45, 2.75) is 6.92 Å². The third-order valence-corrected chi connectivity index (χ3v) is 3.24. The molecule has 0 atom stereocenters. The predicted molar refractivity (Wildman–Crippen MR) is 79.3 cm³/mol. The van der Waals surface area contributed by atoms with Crippen LogP contribution in [-0.4, -0.2) is 17.4 Å². The van der Waals surface area contributed by atoms with E-state index in [0.29, 0.717) is 22.9 Å². The van der Waals surface area contributed by atoms with Gasteiger partial charge >= 0.3 is 0 Å². The molecule has 0 amide bonds. The highest BCUT2D eigenvalue weighted by molar-refractivity contribution is 6.36. The fourth-order valence-electron chi connectivity index (χ4n) is 1.90. The van der Waals surface area contributed by atoms with E-state index in [4.69, 9.17) is 22.7 Å². The molecule has 0 bridgehead atoms. The number of rotatable bonds is 4. The number of amidine groups is 1. The molecule has 0 aliphatic heterocycles. The number of nitrogens with zero attached hydrogens (tertiary/aromatic N) is 2. The second-order valence-electron chi connectivity index (χ2n) is 4.13. The molecule has 1 aromatic carbocycles. The summed E-state index contributed by atoms with van der Waals surface area (Å²) < 4.78 is 13.0. The van der Waals surface area contributed by atoms with E-state index in [2.05, 4.69) is 4.98 Å². The molecule has 2 aromatic rings. The highest BCUT2D eigenvalue weighted by Gasteiger charge is 2.16. The highest BCUT2D eigenvalue weighted by atomic mass is 35.5. The first-order valence-electron chi connectivity index (χ1n) is 6.06. The molecule has 2 rings (SSSR count). The topological polar surface area (TPSA) is 66.0 Å². The zero-order valence-electron chi connectivity index (χ0n) is 10.9. The molecule has 20 heavy (non-hydrogen) atoms. The Morgan fingerprint density at radius 3 is 2.55 bits per heavy atom. The van der Waals surface area contributed by atoms with Gasteiger partial charge in [0.15, 0.2) is 5.82 Å². The Morgan fingerprint density at radius 1 is 1.35 bits per heavy atom. The van der Waals surface area contributed by atoms with E-state index < -0.39 is 0 Å². The van der Waals surface area contributed by atoms with Gasteiger partial charge in [-0.2, -0.15) is 0 Å². The number of nitrogens with two attached hydrogens (primary N) is 1. The summed E-state index contributed by atoms with van der Waals surface area (Å²) >= 11 is 6.26. The summed E-state index contributed by atoms with van der Waals surface area (Å²) in [5.41, 5.74) is 6.68. The average Bonchev–Trinajstić information content (AvgIpc) is 2.43. The van der Waals surface area contributed by atoms with Crippen LogP contribution in [0.4, 0.5) is 15.9 Å². The van der Waals surface area contributed by atoms with Gasteiger partial charge in [0, 0.05) is 24.0 Å². The number of halogens is 2. The third-order valence-electron chi connectivity index (χ3n) is 2.87. The number of benzene rings is 1. The Balaban J connectivity index is 2.49. The number of nitrogens with one attached hydrogen (secondary N) is 1. The van der Waals surface area contributed by atoms with Crippen LogP contribution in [0.5, 0.6) is 0 Å². The van der Waals surface area contributed by atoms with E-state index >= 15 is 0 Å². The van der Waals surface area contributed by atoms with Gasteiger partial charge in [0.2, 0.25) is 0 Å². The Bertz CT molecular complexity index is 628. The van der Waals surface area contributed by atoms with Crippen molar-refractivity contribution in [1.82, 2.24) is 4.98 Å². The van der Waals surface area contributed by atoms with Crippen molar-refractivity contribution in [3.63, 3.8) is 0 Å². The maximum Gasteiger partial charge on any atom is 0.152 e. The van der Waals surface area contributed by atoms with Gasteiger partial charge in [0.1, 0.15) is 11.7 Å². The molecule has 4 nitrogen and oxygen atoms in total. The molecule has 1 heterocycles. The molecule has 6 heteroatoms. The van der Waals surface area contributed by atoms with Crippen molar-refractivity contribution in [1.29, 1.82) is 5.41 Å². The van der Waals surface area contributed by atoms with Crippen LogP contribution in [0.3, 0.4) is 0 Å². The van der Waals surface area contributed by atoms with E-state index in [1.54, 1.807) is 24.4 Å². The van der Waals surface area contributed by atoms with E-state index in [0.717, 1.165) is 5.69 Å². The van der Waals surface area contributed by atoms with Crippen molar-refractivity contribution in [2.75, 3.05) is 11.4 Å². The normalized spacial score (nSPS) is 10.3. The maximum absolute atomic E-state index is 13.0. The molecule has 0 aliphatic rings.